The largest absolute Gasteiger partial charge is 0.495 e. The van der Waals surface area contributed by atoms with Gasteiger partial charge in [-0.3, -0.25) is 9.59 Å². The van der Waals surface area contributed by atoms with Gasteiger partial charge in [0.25, 0.3) is 0 Å². The van der Waals surface area contributed by atoms with E-state index in [4.69, 9.17) is 9.47 Å². The number of methoxy groups -OCH3 is 1. The van der Waals surface area contributed by atoms with Crippen LogP contribution in [0.5, 0.6) is 11.5 Å². The summed E-state index contributed by atoms with van der Waals surface area (Å²) in [5, 5.41) is 2.81. The molecular formula is C20H24N2O4. The van der Waals surface area contributed by atoms with E-state index in [1.165, 1.54) is 6.92 Å². The molecule has 0 heterocycles. The fourth-order valence-electron chi connectivity index (χ4n) is 2.47. The average Bonchev–Trinajstić information content (AvgIpc) is 2.66. The number of ether oxygens (including phenoxy) is 2. The summed E-state index contributed by atoms with van der Waals surface area (Å²) < 4.78 is 10.8. The molecule has 0 saturated carbocycles. The van der Waals surface area contributed by atoms with Crippen LogP contribution in [-0.2, 0) is 9.59 Å². The molecule has 0 radical (unpaired) electrons. The molecular weight excluding hydrogens is 332 g/mol. The van der Waals surface area contributed by atoms with E-state index in [-0.39, 0.29) is 18.2 Å². The van der Waals surface area contributed by atoms with Gasteiger partial charge in [0.2, 0.25) is 11.8 Å². The molecule has 6 nitrogen and oxygen atoms in total. The molecule has 1 N–H and O–H groups in total. The number of para-hydroxylation sites is 3. The molecule has 2 rings (SSSR count). The summed E-state index contributed by atoms with van der Waals surface area (Å²) in [6.07, 6.45) is 0.254. The lowest BCUT2D eigenvalue weighted by atomic mass is 10.2. The number of carbonyl (C=O) groups excluding carboxylic acids is 2. The van der Waals surface area contributed by atoms with Crippen LogP contribution >= 0.6 is 0 Å². The first-order valence-corrected chi connectivity index (χ1v) is 8.47. The van der Waals surface area contributed by atoms with Crippen LogP contribution in [0.25, 0.3) is 0 Å². The van der Waals surface area contributed by atoms with Crippen molar-refractivity contribution < 1.29 is 19.1 Å². The van der Waals surface area contributed by atoms with E-state index >= 15 is 0 Å². The molecule has 2 aromatic rings. The van der Waals surface area contributed by atoms with E-state index in [1.807, 2.05) is 48.5 Å². The van der Waals surface area contributed by atoms with Crippen LogP contribution in [0.15, 0.2) is 54.6 Å². The van der Waals surface area contributed by atoms with Crippen LogP contribution < -0.4 is 19.7 Å². The molecule has 2 aromatic carbocycles. The fraction of sp³-hybridized carbons (Fsp3) is 0.300. The Hall–Kier alpha value is -3.02. The second-order valence-electron chi connectivity index (χ2n) is 5.60. The SMILES string of the molecule is COc1ccccc1N(CCNC(=O)CCOc1ccccc1)C(C)=O. The Kier molecular flexibility index (Phi) is 7.49. The van der Waals surface area contributed by atoms with Crippen molar-refractivity contribution in [2.45, 2.75) is 13.3 Å². The highest BCUT2D eigenvalue weighted by Crippen LogP contribution is 2.27. The molecule has 0 unspecified atom stereocenters. The summed E-state index contributed by atoms with van der Waals surface area (Å²) in [6.45, 7) is 2.50. The Balaban J connectivity index is 1.78. The highest BCUT2D eigenvalue weighted by molar-refractivity contribution is 5.93. The third-order valence-corrected chi connectivity index (χ3v) is 3.75. The number of nitrogens with one attached hydrogen (secondary N) is 1. The third-order valence-electron chi connectivity index (χ3n) is 3.75. The van der Waals surface area contributed by atoms with Crippen molar-refractivity contribution in [3.63, 3.8) is 0 Å². The van der Waals surface area contributed by atoms with E-state index in [0.29, 0.717) is 31.1 Å². The normalized spacial score (nSPS) is 10.1. The maximum Gasteiger partial charge on any atom is 0.224 e. The van der Waals surface area contributed by atoms with Crippen molar-refractivity contribution in [2.75, 3.05) is 31.7 Å². The molecule has 0 saturated heterocycles. The minimum absolute atomic E-state index is 0.115. The van der Waals surface area contributed by atoms with Gasteiger partial charge >= 0.3 is 0 Å². The lowest BCUT2D eigenvalue weighted by molar-refractivity contribution is -0.122. The van der Waals surface area contributed by atoms with Gasteiger partial charge in [0.1, 0.15) is 11.5 Å². The van der Waals surface area contributed by atoms with E-state index in [9.17, 15) is 9.59 Å². The first-order chi connectivity index (χ1) is 12.6. The van der Waals surface area contributed by atoms with E-state index in [2.05, 4.69) is 5.32 Å². The summed E-state index contributed by atoms with van der Waals surface area (Å²) in [4.78, 5) is 25.5. The van der Waals surface area contributed by atoms with Crippen molar-refractivity contribution in [1.29, 1.82) is 0 Å². The van der Waals surface area contributed by atoms with Gasteiger partial charge in [-0.25, -0.2) is 0 Å². The van der Waals surface area contributed by atoms with E-state index in [1.54, 1.807) is 18.1 Å². The molecule has 2 amide bonds. The second-order valence-corrected chi connectivity index (χ2v) is 5.60. The van der Waals surface area contributed by atoms with Gasteiger partial charge in [0.05, 0.1) is 25.8 Å². The maximum absolute atomic E-state index is 12.0. The molecule has 0 bridgehead atoms. The first kappa shape index (κ1) is 19.3. The zero-order valence-electron chi connectivity index (χ0n) is 15.1. The molecule has 0 aliphatic rings. The number of hydrogen-bond donors (Lipinski definition) is 1. The summed E-state index contributed by atoms with van der Waals surface area (Å²) in [5.74, 6) is 1.12. The van der Waals surface area contributed by atoms with Crippen molar-refractivity contribution in [3.8, 4) is 11.5 Å². The molecule has 138 valence electrons. The van der Waals surface area contributed by atoms with Crippen LogP contribution in [0.1, 0.15) is 13.3 Å². The molecule has 0 atom stereocenters. The summed E-state index contributed by atoms with van der Waals surface area (Å²) in [7, 11) is 1.56. The van der Waals surface area contributed by atoms with Crippen LogP contribution in [0.4, 0.5) is 5.69 Å². The smallest absolute Gasteiger partial charge is 0.224 e. The minimum Gasteiger partial charge on any atom is -0.495 e. The molecule has 0 spiro atoms. The van der Waals surface area contributed by atoms with Gasteiger partial charge < -0.3 is 19.7 Å². The maximum atomic E-state index is 12.0. The Morgan fingerprint density at radius 1 is 1.04 bits per heavy atom. The Labute approximate surface area is 153 Å². The lowest BCUT2D eigenvalue weighted by Gasteiger charge is -2.23. The van der Waals surface area contributed by atoms with E-state index < -0.39 is 0 Å². The fourth-order valence-corrected chi connectivity index (χ4v) is 2.47. The summed E-state index contributed by atoms with van der Waals surface area (Å²) >= 11 is 0. The number of rotatable bonds is 9. The van der Waals surface area contributed by atoms with Crippen molar-refractivity contribution in [1.82, 2.24) is 5.32 Å². The number of carbonyl (C=O) groups is 2. The third kappa shape index (κ3) is 5.81. The zero-order chi connectivity index (χ0) is 18.8. The Bertz CT molecular complexity index is 719. The molecule has 6 heteroatoms. The van der Waals surface area contributed by atoms with Crippen molar-refractivity contribution in [2.24, 2.45) is 0 Å². The molecule has 0 fully saturated rings. The van der Waals surface area contributed by atoms with Crippen LogP contribution in [-0.4, -0.2) is 38.6 Å². The van der Waals surface area contributed by atoms with Crippen LogP contribution in [0.2, 0.25) is 0 Å². The Morgan fingerprint density at radius 2 is 1.73 bits per heavy atom. The highest BCUT2D eigenvalue weighted by atomic mass is 16.5. The zero-order valence-corrected chi connectivity index (χ0v) is 15.1. The molecule has 0 aliphatic carbocycles. The van der Waals surface area contributed by atoms with Crippen molar-refractivity contribution in [3.05, 3.63) is 54.6 Å². The number of hydrogen-bond acceptors (Lipinski definition) is 4. The predicted molar refractivity (Wildman–Crippen MR) is 101 cm³/mol. The number of anilines is 1. The van der Waals surface area contributed by atoms with Crippen molar-refractivity contribution >= 4 is 17.5 Å². The van der Waals surface area contributed by atoms with Gasteiger partial charge in [-0.2, -0.15) is 0 Å². The number of benzene rings is 2. The molecule has 26 heavy (non-hydrogen) atoms. The first-order valence-electron chi connectivity index (χ1n) is 8.47. The topological polar surface area (TPSA) is 67.9 Å². The van der Waals surface area contributed by atoms with Gasteiger partial charge in [-0.05, 0) is 24.3 Å². The molecule has 0 aromatic heterocycles. The number of amides is 2. The highest BCUT2D eigenvalue weighted by Gasteiger charge is 2.15. The summed E-state index contributed by atoms with van der Waals surface area (Å²) in [5.41, 5.74) is 0.684. The Morgan fingerprint density at radius 3 is 2.42 bits per heavy atom. The van der Waals surface area contributed by atoms with Gasteiger partial charge in [-0.15, -0.1) is 0 Å². The van der Waals surface area contributed by atoms with Crippen LogP contribution in [0, 0.1) is 0 Å². The predicted octanol–water partition coefficient (Wildman–Crippen LogP) is 2.63. The average molecular weight is 356 g/mol. The monoisotopic (exact) mass is 356 g/mol. The van der Waals surface area contributed by atoms with E-state index in [0.717, 1.165) is 5.75 Å². The summed E-state index contributed by atoms with van der Waals surface area (Å²) in [6, 6.07) is 16.6. The minimum atomic E-state index is -0.121. The quantitative estimate of drug-likeness (QED) is 0.750. The molecule has 0 aliphatic heterocycles. The van der Waals surface area contributed by atoms with Crippen LogP contribution in [0.3, 0.4) is 0 Å². The second kappa shape index (κ2) is 10.1. The van der Waals surface area contributed by atoms with Gasteiger partial charge in [0, 0.05) is 20.0 Å². The number of nitrogens with zero attached hydrogens (tertiary/aromatic N) is 1. The van der Waals surface area contributed by atoms with Gasteiger partial charge in [-0.1, -0.05) is 30.3 Å². The lowest BCUT2D eigenvalue weighted by Crippen LogP contribution is -2.38. The van der Waals surface area contributed by atoms with Gasteiger partial charge in [0.15, 0.2) is 0 Å². The standard InChI is InChI=1S/C20H24N2O4/c1-16(23)22(18-10-6-7-11-19(18)25-2)14-13-21-20(24)12-15-26-17-8-4-3-5-9-17/h3-11H,12-15H2,1-2H3,(H,21,24).